The van der Waals surface area contributed by atoms with Crippen LogP contribution in [-0.4, -0.2) is 24.4 Å². The van der Waals surface area contributed by atoms with Crippen molar-refractivity contribution in [3.8, 4) is 0 Å². The smallest absolute Gasteiger partial charge is 0.339 e. The summed E-state index contributed by atoms with van der Waals surface area (Å²) < 4.78 is 30.4. The largest absolute Gasteiger partial charge is 0.345 e. The van der Waals surface area contributed by atoms with Crippen LogP contribution in [-0.2, 0) is 26.3 Å². The van der Waals surface area contributed by atoms with E-state index in [0.29, 0.717) is 44.4 Å². The number of ketones is 1. The summed E-state index contributed by atoms with van der Waals surface area (Å²) >= 11 is 0. The molecule has 1 aliphatic heterocycles. The molecule has 170 valence electrons. The molecule has 1 amide bonds. The van der Waals surface area contributed by atoms with E-state index in [0.717, 1.165) is 16.7 Å². The van der Waals surface area contributed by atoms with Gasteiger partial charge in [0.25, 0.3) is 0 Å². The highest BCUT2D eigenvalue weighted by Crippen LogP contribution is 2.60. The fourth-order valence-corrected chi connectivity index (χ4v) is 6.41. The van der Waals surface area contributed by atoms with Gasteiger partial charge in [0.1, 0.15) is 5.54 Å². The van der Waals surface area contributed by atoms with Gasteiger partial charge in [0.2, 0.25) is 5.91 Å². The van der Waals surface area contributed by atoms with Gasteiger partial charge in [-0.25, -0.2) is 0 Å². The van der Waals surface area contributed by atoms with Crippen LogP contribution in [0.4, 0.5) is 8.78 Å². The zero-order chi connectivity index (χ0) is 22.6. The lowest BCUT2D eigenvalue weighted by molar-refractivity contribution is -0.181. The van der Waals surface area contributed by atoms with Crippen LogP contribution in [0.2, 0.25) is 0 Å². The topological polar surface area (TPSA) is 55.4 Å². The van der Waals surface area contributed by atoms with Crippen molar-refractivity contribution in [2.75, 3.05) is 0 Å². The Kier molecular flexibility index (Phi) is 5.74. The predicted octanol–water partition coefficient (Wildman–Crippen LogP) is 4.91. The van der Waals surface area contributed by atoms with E-state index in [2.05, 4.69) is 25.2 Å². The number of carbonyl (C=O) groups excluding carboxylic acids is 2. The average molecular weight is 434 g/mol. The van der Waals surface area contributed by atoms with Crippen LogP contribution >= 0.6 is 0 Å². The summed E-state index contributed by atoms with van der Waals surface area (Å²) in [5.41, 5.74) is 1.48. The van der Waals surface area contributed by atoms with E-state index in [1.165, 1.54) is 0 Å². The Morgan fingerprint density at radius 3 is 2.48 bits per heavy atom. The molecule has 1 saturated carbocycles. The van der Waals surface area contributed by atoms with Crippen LogP contribution in [0.5, 0.6) is 0 Å². The van der Waals surface area contributed by atoms with Gasteiger partial charge in [0, 0.05) is 17.3 Å². The first-order valence-electron chi connectivity index (χ1n) is 11.5. The number of hydrogen-bond donors (Lipinski definition) is 1. The van der Waals surface area contributed by atoms with Gasteiger partial charge >= 0.3 is 6.61 Å². The van der Waals surface area contributed by atoms with Gasteiger partial charge < -0.3 is 10.1 Å². The van der Waals surface area contributed by atoms with E-state index < -0.39 is 23.7 Å². The lowest BCUT2D eigenvalue weighted by Gasteiger charge is -2.53. The number of hydrogen-bond acceptors (Lipinski definition) is 3. The molecule has 6 heteroatoms. The SMILES string of the molecule is Cc1ccc2c(c1)C1(NC(=O)C(C)C(CC(C)C)C1=O)C1(CCC(OC(F)F)CC1)C2. The Hall–Kier alpha value is -1.82. The Balaban J connectivity index is 1.80. The molecule has 4 rings (SSSR count). The minimum Gasteiger partial charge on any atom is -0.339 e. The second-order valence-electron chi connectivity index (χ2n) is 10.3. The van der Waals surface area contributed by atoms with Gasteiger partial charge in [0.15, 0.2) is 5.78 Å². The Morgan fingerprint density at radius 1 is 1.19 bits per heavy atom. The normalized spacial score (nSPS) is 35.3. The Morgan fingerprint density at radius 2 is 1.87 bits per heavy atom. The Labute approximate surface area is 183 Å². The number of Topliss-reactive ketones (excluding diaryl/α,β-unsaturated/α-hetero) is 1. The molecule has 2 fully saturated rings. The zero-order valence-corrected chi connectivity index (χ0v) is 18.8. The molecule has 2 spiro atoms. The third-order valence-electron chi connectivity index (χ3n) is 7.94. The van der Waals surface area contributed by atoms with Crippen LogP contribution < -0.4 is 5.32 Å². The molecule has 0 bridgehead atoms. The van der Waals surface area contributed by atoms with Crippen molar-refractivity contribution in [3.05, 3.63) is 34.9 Å². The molecule has 0 radical (unpaired) electrons. The quantitative estimate of drug-likeness (QED) is 0.734. The molecule has 1 heterocycles. The van der Waals surface area contributed by atoms with Crippen molar-refractivity contribution in [2.24, 2.45) is 23.2 Å². The maximum Gasteiger partial charge on any atom is 0.345 e. The van der Waals surface area contributed by atoms with Crippen molar-refractivity contribution in [1.82, 2.24) is 5.32 Å². The summed E-state index contributed by atoms with van der Waals surface area (Å²) in [6.07, 6.45) is 2.93. The molecule has 1 N–H and O–H groups in total. The highest BCUT2D eigenvalue weighted by atomic mass is 19.3. The number of ether oxygens (including phenoxy) is 1. The zero-order valence-electron chi connectivity index (χ0n) is 18.8. The van der Waals surface area contributed by atoms with Crippen molar-refractivity contribution >= 4 is 11.7 Å². The number of fused-ring (bicyclic) bond motifs is 3. The molecule has 2 aliphatic carbocycles. The average Bonchev–Trinajstić information content (AvgIpc) is 2.95. The van der Waals surface area contributed by atoms with E-state index >= 15 is 0 Å². The minimum absolute atomic E-state index is 0.0788. The lowest BCUT2D eigenvalue weighted by Crippen LogP contribution is -2.68. The van der Waals surface area contributed by atoms with E-state index in [9.17, 15) is 18.4 Å². The molecule has 1 aromatic rings. The molecule has 4 nitrogen and oxygen atoms in total. The molecule has 3 atom stereocenters. The van der Waals surface area contributed by atoms with Crippen molar-refractivity contribution in [1.29, 1.82) is 0 Å². The van der Waals surface area contributed by atoms with E-state index in [-0.39, 0.29) is 23.5 Å². The third-order valence-corrected chi connectivity index (χ3v) is 7.94. The van der Waals surface area contributed by atoms with Crippen molar-refractivity contribution in [3.63, 3.8) is 0 Å². The van der Waals surface area contributed by atoms with Gasteiger partial charge in [-0.1, -0.05) is 44.5 Å². The number of halogens is 2. The van der Waals surface area contributed by atoms with Crippen LogP contribution in [0.25, 0.3) is 0 Å². The summed E-state index contributed by atoms with van der Waals surface area (Å²) in [7, 11) is 0. The number of carbonyl (C=O) groups is 2. The molecular formula is C25H33F2NO3. The minimum atomic E-state index is -2.79. The maximum absolute atomic E-state index is 14.3. The highest BCUT2D eigenvalue weighted by Gasteiger charge is 2.66. The van der Waals surface area contributed by atoms with Crippen LogP contribution in [0, 0.1) is 30.1 Å². The van der Waals surface area contributed by atoms with Gasteiger partial charge in [-0.05, 0) is 62.5 Å². The number of amides is 1. The van der Waals surface area contributed by atoms with Crippen molar-refractivity contribution < 1.29 is 23.1 Å². The molecule has 3 aliphatic rings. The molecule has 0 aromatic heterocycles. The summed E-state index contributed by atoms with van der Waals surface area (Å²) in [6, 6.07) is 6.16. The number of benzene rings is 1. The molecule has 1 aromatic carbocycles. The van der Waals surface area contributed by atoms with Gasteiger partial charge in [-0.15, -0.1) is 0 Å². The van der Waals surface area contributed by atoms with E-state index in [1.54, 1.807) is 0 Å². The van der Waals surface area contributed by atoms with Gasteiger partial charge in [-0.3, -0.25) is 9.59 Å². The fraction of sp³-hybridized carbons (Fsp3) is 0.680. The highest BCUT2D eigenvalue weighted by molar-refractivity contribution is 6.03. The number of rotatable bonds is 4. The number of piperidine rings is 1. The summed E-state index contributed by atoms with van der Waals surface area (Å²) in [4.78, 5) is 27.5. The van der Waals surface area contributed by atoms with Crippen molar-refractivity contribution in [2.45, 2.75) is 84.5 Å². The first kappa shape index (κ1) is 22.4. The number of nitrogens with one attached hydrogen (secondary N) is 1. The summed E-state index contributed by atoms with van der Waals surface area (Å²) in [5, 5.41) is 3.22. The standard InChI is InChI=1S/C25H33F2NO3/c1-14(2)11-19-16(4)22(30)28-25(21(19)29)20-12-15(3)5-6-17(20)13-24(25)9-7-18(8-10-24)31-23(26)27/h5-6,12,14,16,18-19,23H,7-11,13H2,1-4H3,(H,28,30). The van der Waals surface area contributed by atoms with Gasteiger partial charge in [0.05, 0.1) is 6.10 Å². The molecule has 31 heavy (non-hydrogen) atoms. The monoisotopic (exact) mass is 433 g/mol. The Bertz CT molecular complexity index is 876. The van der Waals surface area contributed by atoms with Crippen LogP contribution in [0.3, 0.4) is 0 Å². The fourth-order valence-electron chi connectivity index (χ4n) is 6.41. The predicted molar refractivity (Wildman–Crippen MR) is 114 cm³/mol. The summed E-state index contributed by atoms with van der Waals surface area (Å²) in [5.74, 6) is -0.392. The van der Waals surface area contributed by atoms with E-state index in [4.69, 9.17) is 4.74 Å². The second kappa shape index (κ2) is 7.95. The number of alkyl halides is 2. The maximum atomic E-state index is 14.3. The summed E-state index contributed by atoms with van der Waals surface area (Å²) in [6.45, 7) is 5.21. The first-order chi connectivity index (χ1) is 14.6. The molecule has 3 unspecified atom stereocenters. The molecular weight excluding hydrogens is 400 g/mol. The first-order valence-corrected chi connectivity index (χ1v) is 11.5. The second-order valence-corrected chi connectivity index (χ2v) is 10.3. The van der Waals surface area contributed by atoms with E-state index in [1.807, 2.05) is 26.0 Å². The van der Waals surface area contributed by atoms with Crippen LogP contribution in [0.15, 0.2) is 18.2 Å². The lowest BCUT2D eigenvalue weighted by atomic mass is 9.55. The third kappa shape index (κ3) is 3.51. The molecule has 1 saturated heterocycles. The van der Waals surface area contributed by atoms with Gasteiger partial charge in [-0.2, -0.15) is 8.78 Å². The number of aryl methyl sites for hydroxylation is 1. The van der Waals surface area contributed by atoms with Crippen LogP contribution in [0.1, 0.15) is 69.6 Å².